The Bertz CT molecular complexity index is 1210. The first kappa shape index (κ1) is 26.8. The van der Waals surface area contributed by atoms with Crippen molar-refractivity contribution in [2.75, 3.05) is 0 Å². The molecule has 4 rings (SSSR count). The van der Waals surface area contributed by atoms with Crippen molar-refractivity contribution < 1.29 is 0 Å². The Morgan fingerprint density at radius 1 is 0.811 bits per heavy atom. The van der Waals surface area contributed by atoms with Crippen LogP contribution in [0.4, 0.5) is 5.69 Å². The summed E-state index contributed by atoms with van der Waals surface area (Å²) in [5, 5.41) is 9.32. The molecule has 3 unspecified atom stereocenters. The predicted octanol–water partition coefficient (Wildman–Crippen LogP) is 10.6. The molecule has 1 aliphatic carbocycles. The summed E-state index contributed by atoms with van der Waals surface area (Å²) in [6.07, 6.45) is 13.9. The van der Waals surface area contributed by atoms with Gasteiger partial charge in [-0.3, -0.25) is 0 Å². The van der Waals surface area contributed by atoms with E-state index in [4.69, 9.17) is 5.11 Å². The van der Waals surface area contributed by atoms with Crippen molar-refractivity contribution in [2.24, 2.45) is 22.1 Å². The average molecular weight is 491 g/mol. The van der Waals surface area contributed by atoms with Crippen LogP contribution in [0.25, 0.3) is 11.6 Å². The van der Waals surface area contributed by atoms with Gasteiger partial charge in [-0.15, -0.1) is 0 Å². The van der Waals surface area contributed by atoms with Crippen LogP contribution < -0.4 is 0 Å². The summed E-state index contributed by atoms with van der Waals surface area (Å²) in [4.78, 5) is 0. The number of nitrogens with zero attached hydrogens (tertiary/aromatic N) is 2. The van der Waals surface area contributed by atoms with Crippen LogP contribution in [0.5, 0.6) is 0 Å². The van der Waals surface area contributed by atoms with E-state index in [-0.39, 0.29) is 6.04 Å². The van der Waals surface area contributed by atoms with E-state index in [1.165, 1.54) is 59.1 Å². The van der Waals surface area contributed by atoms with Crippen molar-refractivity contribution in [1.29, 1.82) is 0 Å². The molecule has 0 fully saturated rings. The molecule has 2 nitrogen and oxygen atoms in total. The lowest BCUT2D eigenvalue weighted by Crippen LogP contribution is -2.02. The molecule has 3 aromatic carbocycles. The first-order chi connectivity index (χ1) is 18.1. The second-order valence-electron chi connectivity index (χ2n) is 10.7. The Hall–Kier alpha value is -3.26. The number of rotatable bonds is 11. The predicted molar refractivity (Wildman–Crippen MR) is 159 cm³/mol. The van der Waals surface area contributed by atoms with E-state index >= 15 is 0 Å². The third kappa shape index (κ3) is 7.61. The fourth-order valence-corrected chi connectivity index (χ4v) is 4.83. The molecular weight excluding hydrogens is 448 g/mol. The summed E-state index contributed by atoms with van der Waals surface area (Å²) < 4.78 is 0. The van der Waals surface area contributed by atoms with Crippen LogP contribution in [-0.2, 0) is 12.8 Å². The monoisotopic (exact) mass is 490 g/mol. The Balaban J connectivity index is 1.44. The molecular formula is C35H42N2. The third-order valence-electron chi connectivity index (χ3n) is 7.72. The molecule has 0 heterocycles. The molecule has 0 aliphatic heterocycles. The van der Waals surface area contributed by atoms with Crippen LogP contribution in [0.3, 0.4) is 0 Å². The van der Waals surface area contributed by atoms with Crippen LogP contribution in [-0.4, -0.2) is 0 Å². The molecule has 0 aromatic heterocycles. The average Bonchev–Trinajstić information content (AvgIpc) is 2.94. The van der Waals surface area contributed by atoms with E-state index in [0.717, 1.165) is 30.4 Å². The zero-order valence-electron chi connectivity index (χ0n) is 23.0. The van der Waals surface area contributed by atoms with Crippen molar-refractivity contribution in [3.63, 3.8) is 0 Å². The fraction of sp³-hybridized carbons (Fsp3) is 0.371. The highest BCUT2D eigenvalue weighted by atomic mass is 15.1. The maximum atomic E-state index is 4.72. The van der Waals surface area contributed by atoms with Crippen molar-refractivity contribution in [1.82, 2.24) is 0 Å². The van der Waals surface area contributed by atoms with Crippen LogP contribution in [0.15, 0.2) is 95.2 Å². The van der Waals surface area contributed by atoms with Gasteiger partial charge in [-0.05, 0) is 82.7 Å². The highest BCUT2D eigenvalue weighted by Crippen LogP contribution is 2.36. The van der Waals surface area contributed by atoms with Gasteiger partial charge in [-0.2, -0.15) is 10.2 Å². The number of aryl methyl sites for hydroxylation is 1. The molecule has 1 aliphatic rings. The SMILES string of the molecule is CCC(C)CCCc1ccc(N=NC2C=CC(=Cc3ccc(CC(C)CC)cc3)c3ccccc32)cc1. The Morgan fingerprint density at radius 3 is 2.24 bits per heavy atom. The van der Waals surface area contributed by atoms with Crippen molar-refractivity contribution in [2.45, 2.75) is 72.3 Å². The van der Waals surface area contributed by atoms with Gasteiger partial charge in [-0.1, -0.05) is 120 Å². The number of hydrogen-bond donors (Lipinski definition) is 0. The van der Waals surface area contributed by atoms with Crippen molar-refractivity contribution in [3.8, 4) is 0 Å². The van der Waals surface area contributed by atoms with E-state index in [1.54, 1.807) is 0 Å². The van der Waals surface area contributed by atoms with E-state index in [0.29, 0.717) is 0 Å². The van der Waals surface area contributed by atoms with Crippen molar-refractivity contribution in [3.05, 3.63) is 113 Å². The molecule has 3 atom stereocenters. The van der Waals surface area contributed by atoms with E-state index in [9.17, 15) is 0 Å². The van der Waals surface area contributed by atoms with Gasteiger partial charge in [0.1, 0.15) is 6.04 Å². The van der Waals surface area contributed by atoms with Crippen LogP contribution >= 0.6 is 0 Å². The molecule has 0 spiro atoms. The van der Waals surface area contributed by atoms with Crippen LogP contribution in [0, 0.1) is 11.8 Å². The maximum absolute atomic E-state index is 4.72. The quantitative estimate of drug-likeness (QED) is 0.239. The number of azo groups is 1. The highest BCUT2D eigenvalue weighted by Gasteiger charge is 2.18. The lowest BCUT2D eigenvalue weighted by atomic mass is 9.88. The molecule has 192 valence electrons. The smallest absolute Gasteiger partial charge is 0.115 e. The van der Waals surface area contributed by atoms with Crippen LogP contribution in [0.1, 0.15) is 87.2 Å². The molecule has 0 amide bonds. The Labute approximate surface area is 224 Å². The largest absolute Gasteiger partial charge is 0.176 e. The van der Waals surface area contributed by atoms with Gasteiger partial charge in [0.15, 0.2) is 0 Å². The molecule has 0 bridgehead atoms. The van der Waals surface area contributed by atoms with E-state index < -0.39 is 0 Å². The molecule has 3 aromatic rings. The lowest BCUT2D eigenvalue weighted by Gasteiger charge is -2.19. The summed E-state index contributed by atoms with van der Waals surface area (Å²) in [6.45, 7) is 9.19. The molecule has 0 saturated carbocycles. The molecule has 2 heteroatoms. The number of allylic oxidation sites excluding steroid dienone is 2. The van der Waals surface area contributed by atoms with Gasteiger partial charge >= 0.3 is 0 Å². The zero-order valence-corrected chi connectivity index (χ0v) is 23.0. The molecule has 37 heavy (non-hydrogen) atoms. The lowest BCUT2D eigenvalue weighted by molar-refractivity contribution is 0.496. The zero-order chi connectivity index (χ0) is 26.0. The van der Waals surface area contributed by atoms with E-state index in [2.05, 4.69) is 124 Å². The molecule has 0 N–H and O–H groups in total. The Kier molecular flexibility index (Phi) is 9.65. The third-order valence-corrected chi connectivity index (χ3v) is 7.72. The summed E-state index contributed by atoms with van der Waals surface area (Å²) >= 11 is 0. The summed E-state index contributed by atoms with van der Waals surface area (Å²) in [7, 11) is 0. The minimum absolute atomic E-state index is 0.0681. The van der Waals surface area contributed by atoms with Gasteiger partial charge in [-0.25, -0.2) is 0 Å². The maximum Gasteiger partial charge on any atom is 0.115 e. The summed E-state index contributed by atoms with van der Waals surface area (Å²) in [6, 6.07) is 26.1. The standard InChI is InChI=1S/C35H42N2/c1-5-26(3)10-9-11-28-18-21-32(22-19-28)36-37-35-23-20-31(33-12-7-8-13-34(33)35)25-30-16-14-29(15-17-30)24-27(4)6-2/h7-8,12-23,25-27,35H,5-6,9-11,24H2,1-4H3. The first-order valence-electron chi connectivity index (χ1n) is 14.1. The minimum Gasteiger partial charge on any atom is -0.176 e. The number of hydrogen-bond acceptors (Lipinski definition) is 2. The number of fused-ring (bicyclic) bond motifs is 1. The van der Waals surface area contributed by atoms with Gasteiger partial charge in [0, 0.05) is 0 Å². The number of benzene rings is 3. The minimum atomic E-state index is -0.0681. The Morgan fingerprint density at radius 2 is 1.51 bits per heavy atom. The summed E-state index contributed by atoms with van der Waals surface area (Å²) in [5.74, 6) is 1.54. The normalized spacial score (nSPS) is 17.7. The molecule has 0 saturated heterocycles. The van der Waals surface area contributed by atoms with Gasteiger partial charge in [0.2, 0.25) is 0 Å². The highest BCUT2D eigenvalue weighted by molar-refractivity contribution is 5.90. The molecule has 0 radical (unpaired) electrons. The summed E-state index contributed by atoms with van der Waals surface area (Å²) in [5.41, 5.74) is 8.59. The first-order valence-corrected chi connectivity index (χ1v) is 14.1. The van der Waals surface area contributed by atoms with Gasteiger partial charge < -0.3 is 0 Å². The fourth-order valence-electron chi connectivity index (χ4n) is 4.83. The van der Waals surface area contributed by atoms with Crippen LogP contribution in [0.2, 0.25) is 0 Å². The topological polar surface area (TPSA) is 24.7 Å². The van der Waals surface area contributed by atoms with Gasteiger partial charge in [0.25, 0.3) is 0 Å². The van der Waals surface area contributed by atoms with Gasteiger partial charge in [0.05, 0.1) is 5.69 Å². The van der Waals surface area contributed by atoms with Crippen molar-refractivity contribution >= 4 is 17.3 Å². The second-order valence-corrected chi connectivity index (χ2v) is 10.7. The van der Waals surface area contributed by atoms with E-state index in [1.807, 2.05) is 0 Å². The second kappa shape index (κ2) is 13.3.